The van der Waals surface area contributed by atoms with Gasteiger partial charge in [0.15, 0.2) is 0 Å². The highest BCUT2D eigenvalue weighted by molar-refractivity contribution is 5.86. The van der Waals surface area contributed by atoms with Crippen molar-refractivity contribution in [2.75, 3.05) is 32.8 Å². The minimum atomic E-state index is -0.942. The van der Waals surface area contributed by atoms with E-state index in [1.165, 1.54) is 9.80 Å². The number of carboxylic acid groups (broad SMARTS) is 1. The number of piperidine rings is 1. The Morgan fingerprint density at radius 3 is 2.67 bits per heavy atom. The summed E-state index contributed by atoms with van der Waals surface area (Å²) in [4.78, 5) is 38.2. The summed E-state index contributed by atoms with van der Waals surface area (Å²) in [5, 5.41) is 9.30. The van der Waals surface area contributed by atoms with Crippen LogP contribution in [0.3, 0.4) is 0 Å². The van der Waals surface area contributed by atoms with Crippen LogP contribution in [-0.2, 0) is 14.3 Å². The third kappa shape index (κ3) is 3.10. The fraction of sp³-hybridized carbons (Fsp3) is 0.769. The molecular weight excluding hydrogens is 278 g/mol. The van der Waals surface area contributed by atoms with Crippen molar-refractivity contribution >= 4 is 17.9 Å². The number of hydrogen-bond donors (Lipinski definition) is 2. The molecule has 2 aliphatic rings. The minimum absolute atomic E-state index is 0.0884. The molecule has 0 aromatic heterocycles. The summed E-state index contributed by atoms with van der Waals surface area (Å²) in [5.74, 6) is -1.52. The van der Waals surface area contributed by atoms with Crippen molar-refractivity contribution < 1.29 is 24.2 Å². The highest BCUT2D eigenvalue weighted by atomic mass is 16.5. The summed E-state index contributed by atoms with van der Waals surface area (Å²) in [6.07, 6.45) is 1.16. The zero-order valence-corrected chi connectivity index (χ0v) is 12.1. The van der Waals surface area contributed by atoms with E-state index in [-0.39, 0.29) is 25.7 Å². The number of amides is 3. The second-order valence-corrected chi connectivity index (χ2v) is 5.86. The number of rotatable bonds is 2. The van der Waals surface area contributed by atoms with Crippen LogP contribution >= 0.6 is 0 Å². The second kappa shape index (κ2) is 5.88. The van der Waals surface area contributed by atoms with Crippen LogP contribution in [0.25, 0.3) is 0 Å². The predicted molar refractivity (Wildman–Crippen MR) is 72.5 cm³/mol. The van der Waals surface area contributed by atoms with Gasteiger partial charge in [-0.2, -0.15) is 0 Å². The summed E-state index contributed by atoms with van der Waals surface area (Å²) < 4.78 is 5.18. The monoisotopic (exact) mass is 299 g/mol. The predicted octanol–water partition coefficient (Wildman–Crippen LogP) is -0.521. The van der Waals surface area contributed by atoms with Gasteiger partial charge in [-0.25, -0.2) is 4.79 Å². The molecule has 118 valence electrons. The highest BCUT2D eigenvalue weighted by Gasteiger charge is 2.42. The number of nitrogens with zero attached hydrogens (tertiary/aromatic N) is 2. The van der Waals surface area contributed by atoms with E-state index in [1.807, 2.05) is 0 Å². The van der Waals surface area contributed by atoms with Crippen LogP contribution in [0, 0.1) is 5.41 Å². The van der Waals surface area contributed by atoms with E-state index in [0.717, 1.165) is 0 Å². The van der Waals surface area contributed by atoms with Crippen molar-refractivity contribution in [3.05, 3.63) is 0 Å². The summed E-state index contributed by atoms with van der Waals surface area (Å²) >= 11 is 0. The van der Waals surface area contributed by atoms with Crippen molar-refractivity contribution in [2.45, 2.75) is 25.8 Å². The molecular formula is C13H21N3O5. The third-order valence-corrected chi connectivity index (χ3v) is 4.19. The van der Waals surface area contributed by atoms with Crippen molar-refractivity contribution in [1.29, 1.82) is 0 Å². The van der Waals surface area contributed by atoms with E-state index in [4.69, 9.17) is 10.5 Å². The lowest BCUT2D eigenvalue weighted by Crippen LogP contribution is -2.60. The lowest BCUT2D eigenvalue weighted by Gasteiger charge is -2.42. The first-order chi connectivity index (χ1) is 9.85. The van der Waals surface area contributed by atoms with Crippen molar-refractivity contribution in [1.82, 2.24) is 9.80 Å². The number of primary amides is 1. The van der Waals surface area contributed by atoms with E-state index < -0.39 is 23.3 Å². The number of morpholine rings is 1. The molecule has 8 heteroatoms. The van der Waals surface area contributed by atoms with Crippen LogP contribution in [0.1, 0.15) is 19.8 Å². The van der Waals surface area contributed by atoms with Crippen LogP contribution in [0.15, 0.2) is 0 Å². The second-order valence-electron chi connectivity index (χ2n) is 5.86. The molecule has 21 heavy (non-hydrogen) atoms. The quantitative estimate of drug-likeness (QED) is 0.712. The van der Waals surface area contributed by atoms with Crippen molar-refractivity contribution in [2.24, 2.45) is 11.1 Å². The van der Waals surface area contributed by atoms with Gasteiger partial charge in [0, 0.05) is 19.6 Å². The van der Waals surface area contributed by atoms with Crippen LogP contribution in [0.5, 0.6) is 0 Å². The Labute approximate surface area is 122 Å². The first-order valence-corrected chi connectivity index (χ1v) is 7.01. The van der Waals surface area contributed by atoms with E-state index in [2.05, 4.69) is 0 Å². The Balaban J connectivity index is 2.11. The SMILES string of the molecule is CC1(C(=O)O)CCCN(C(=O)N2CCOCC2C(N)=O)C1. The zero-order chi connectivity index (χ0) is 15.6. The molecule has 0 radical (unpaired) electrons. The molecule has 0 bridgehead atoms. The van der Waals surface area contributed by atoms with Gasteiger partial charge in [-0.1, -0.05) is 0 Å². The maximum atomic E-state index is 12.6. The first kappa shape index (κ1) is 15.6. The van der Waals surface area contributed by atoms with Gasteiger partial charge in [0.1, 0.15) is 6.04 Å². The van der Waals surface area contributed by atoms with Crippen LogP contribution in [-0.4, -0.2) is 71.7 Å². The molecule has 2 rings (SSSR count). The lowest BCUT2D eigenvalue weighted by atomic mass is 9.82. The molecule has 0 spiro atoms. The number of nitrogens with two attached hydrogens (primary N) is 1. The molecule has 2 heterocycles. The average Bonchev–Trinajstić information content (AvgIpc) is 2.46. The number of carbonyl (C=O) groups excluding carboxylic acids is 2. The van der Waals surface area contributed by atoms with Gasteiger partial charge in [0.25, 0.3) is 0 Å². The summed E-state index contributed by atoms with van der Waals surface area (Å²) in [5.41, 5.74) is 4.36. The Morgan fingerprint density at radius 1 is 1.33 bits per heavy atom. The van der Waals surface area contributed by atoms with E-state index >= 15 is 0 Å². The Hall–Kier alpha value is -1.83. The molecule has 2 atom stereocenters. The number of carboxylic acids is 1. The third-order valence-electron chi connectivity index (χ3n) is 4.19. The molecule has 0 aromatic carbocycles. The Morgan fingerprint density at radius 2 is 2.05 bits per heavy atom. The molecule has 0 saturated carbocycles. The van der Waals surface area contributed by atoms with Crippen LogP contribution in [0.2, 0.25) is 0 Å². The first-order valence-electron chi connectivity index (χ1n) is 7.01. The van der Waals surface area contributed by atoms with Crippen molar-refractivity contribution in [3.8, 4) is 0 Å². The number of urea groups is 1. The number of carbonyl (C=O) groups is 3. The molecule has 2 saturated heterocycles. The Bertz CT molecular complexity index is 455. The number of hydrogen-bond acceptors (Lipinski definition) is 4. The average molecular weight is 299 g/mol. The molecule has 0 aromatic rings. The molecule has 3 amide bonds. The highest BCUT2D eigenvalue weighted by Crippen LogP contribution is 2.30. The number of likely N-dealkylation sites (tertiary alicyclic amines) is 1. The van der Waals surface area contributed by atoms with Gasteiger partial charge in [0.05, 0.1) is 18.6 Å². The molecule has 2 unspecified atom stereocenters. The van der Waals surface area contributed by atoms with Gasteiger partial charge >= 0.3 is 12.0 Å². The fourth-order valence-electron chi connectivity index (χ4n) is 2.83. The molecule has 3 N–H and O–H groups in total. The maximum Gasteiger partial charge on any atom is 0.320 e. The number of aliphatic carboxylic acids is 1. The molecule has 0 aliphatic carbocycles. The largest absolute Gasteiger partial charge is 0.481 e. The summed E-state index contributed by atoms with van der Waals surface area (Å²) in [6.45, 7) is 2.99. The molecule has 2 fully saturated rings. The number of ether oxygens (including phenoxy) is 1. The smallest absolute Gasteiger partial charge is 0.320 e. The van der Waals surface area contributed by atoms with E-state index in [9.17, 15) is 19.5 Å². The standard InChI is InChI=1S/C13H21N3O5/c1-13(11(18)19)3-2-4-15(8-13)12(20)16-5-6-21-7-9(16)10(14)17/h9H,2-8H2,1H3,(H2,14,17)(H,18,19). The van der Waals surface area contributed by atoms with Gasteiger partial charge in [0.2, 0.25) is 5.91 Å². The maximum absolute atomic E-state index is 12.6. The zero-order valence-electron chi connectivity index (χ0n) is 12.1. The molecule has 8 nitrogen and oxygen atoms in total. The van der Waals surface area contributed by atoms with E-state index in [0.29, 0.717) is 26.0 Å². The lowest BCUT2D eigenvalue weighted by molar-refractivity contribution is -0.150. The van der Waals surface area contributed by atoms with Gasteiger partial charge in [-0.05, 0) is 19.8 Å². The van der Waals surface area contributed by atoms with Crippen LogP contribution in [0.4, 0.5) is 4.79 Å². The minimum Gasteiger partial charge on any atom is -0.481 e. The molecule has 2 aliphatic heterocycles. The van der Waals surface area contributed by atoms with E-state index in [1.54, 1.807) is 6.92 Å². The van der Waals surface area contributed by atoms with Crippen molar-refractivity contribution in [3.63, 3.8) is 0 Å². The topological polar surface area (TPSA) is 113 Å². The van der Waals surface area contributed by atoms with Gasteiger partial charge in [-0.3, -0.25) is 9.59 Å². The summed E-state index contributed by atoms with van der Waals surface area (Å²) in [7, 11) is 0. The normalized spacial score (nSPS) is 30.0. The Kier molecular flexibility index (Phi) is 4.36. The van der Waals surface area contributed by atoms with Crippen LogP contribution < -0.4 is 5.73 Å². The van der Waals surface area contributed by atoms with Gasteiger partial charge in [-0.15, -0.1) is 0 Å². The summed E-state index contributed by atoms with van der Waals surface area (Å²) in [6, 6.07) is -1.13. The van der Waals surface area contributed by atoms with Gasteiger partial charge < -0.3 is 25.4 Å². The fourth-order valence-corrected chi connectivity index (χ4v) is 2.83.